The van der Waals surface area contributed by atoms with Gasteiger partial charge in [-0.15, -0.1) is 11.3 Å². The molecule has 1 saturated heterocycles. The van der Waals surface area contributed by atoms with Crippen LogP contribution in [0.15, 0.2) is 17.5 Å². The first kappa shape index (κ1) is 15.0. The van der Waals surface area contributed by atoms with Gasteiger partial charge in [0.25, 0.3) is 0 Å². The van der Waals surface area contributed by atoms with Crippen molar-refractivity contribution in [2.24, 2.45) is 0 Å². The number of carbonyl (C=O) groups is 2. The first-order valence-corrected chi connectivity index (χ1v) is 7.77. The van der Waals surface area contributed by atoms with Gasteiger partial charge in [-0.05, 0) is 24.3 Å². The molecule has 0 bridgehead atoms. The Kier molecular flexibility index (Phi) is 5.55. The molecule has 1 aromatic heterocycles. The molecule has 20 heavy (non-hydrogen) atoms. The van der Waals surface area contributed by atoms with Crippen LogP contribution >= 0.6 is 11.3 Å². The molecule has 1 aromatic rings. The van der Waals surface area contributed by atoms with E-state index in [1.807, 2.05) is 15.9 Å². The van der Waals surface area contributed by atoms with Crippen molar-refractivity contribution in [3.8, 4) is 0 Å². The van der Waals surface area contributed by atoms with Gasteiger partial charge in [-0.1, -0.05) is 6.07 Å². The summed E-state index contributed by atoms with van der Waals surface area (Å²) in [5.41, 5.74) is 0. The lowest BCUT2D eigenvalue weighted by molar-refractivity contribution is -0.139. The Morgan fingerprint density at radius 3 is 2.60 bits per heavy atom. The molecule has 1 N–H and O–H groups in total. The minimum atomic E-state index is -0.805. The van der Waals surface area contributed by atoms with Crippen LogP contribution in [0.5, 0.6) is 0 Å². The predicted octanol–water partition coefficient (Wildman–Crippen LogP) is 1.30. The van der Waals surface area contributed by atoms with Crippen LogP contribution in [0.3, 0.4) is 0 Å². The fourth-order valence-electron chi connectivity index (χ4n) is 2.37. The summed E-state index contributed by atoms with van der Waals surface area (Å²) in [6.07, 6.45) is 2.42. The van der Waals surface area contributed by atoms with Crippen LogP contribution in [0.1, 0.15) is 17.7 Å². The second-order valence-corrected chi connectivity index (χ2v) is 6.02. The van der Waals surface area contributed by atoms with Crippen LogP contribution < -0.4 is 0 Å². The van der Waals surface area contributed by atoms with Crippen molar-refractivity contribution in [1.82, 2.24) is 9.80 Å². The molecule has 0 spiro atoms. The van der Waals surface area contributed by atoms with E-state index >= 15 is 0 Å². The summed E-state index contributed by atoms with van der Waals surface area (Å²) < 4.78 is 0. The Morgan fingerprint density at radius 2 is 2.00 bits per heavy atom. The first-order chi connectivity index (χ1) is 9.65. The minimum Gasteiger partial charge on any atom is -0.480 e. The standard InChI is InChI=1S/C14H20N2O3S/c17-13(5-1-3-12-4-2-10-20-12)16-8-6-15(7-9-16)11-14(18)19/h2,4,10H,1,3,5-9,11H2,(H,18,19). The highest BCUT2D eigenvalue weighted by molar-refractivity contribution is 7.09. The summed E-state index contributed by atoms with van der Waals surface area (Å²) >= 11 is 1.73. The molecule has 6 heteroatoms. The number of rotatable bonds is 6. The van der Waals surface area contributed by atoms with Gasteiger partial charge in [0.15, 0.2) is 0 Å². The fourth-order valence-corrected chi connectivity index (χ4v) is 3.12. The third-order valence-electron chi connectivity index (χ3n) is 3.48. The lowest BCUT2D eigenvalue weighted by Crippen LogP contribution is -2.49. The molecular weight excluding hydrogens is 276 g/mol. The second-order valence-electron chi connectivity index (χ2n) is 4.98. The molecule has 0 aromatic carbocycles. The Labute approximate surface area is 122 Å². The smallest absolute Gasteiger partial charge is 0.317 e. The SMILES string of the molecule is O=C(O)CN1CCN(C(=O)CCCc2cccs2)CC1. The highest BCUT2D eigenvalue weighted by Gasteiger charge is 2.21. The third-order valence-corrected chi connectivity index (χ3v) is 4.41. The molecule has 0 atom stereocenters. The van der Waals surface area contributed by atoms with Crippen LogP contribution in [0.2, 0.25) is 0 Å². The zero-order valence-corrected chi connectivity index (χ0v) is 12.3. The van der Waals surface area contributed by atoms with E-state index in [-0.39, 0.29) is 12.5 Å². The number of thiophene rings is 1. The number of aliphatic carboxylic acids is 1. The average molecular weight is 296 g/mol. The lowest BCUT2D eigenvalue weighted by Gasteiger charge is -2.33. The van der Waals surface area contributed by atoms with E-state index in [0.29, 0.717) is 32.6 Å². The molecule has 1 amide bonds. The number of carboxylic acid groups (broad SMARTS) is 1. The zero-order chi connectivity index (χ0) is 14.4. The van der Waals surface area contributed by atoms with E-state index in [9.17, 15) is 9.59 Å². The monoisotopic (exact) mass is 296 g/mol. The van der Waals surface area contributed by atoms with Gasteiger partial charge in [0.1, 0.15) is 0 Å². The van der Waals surface area contributed by atoms with Crippen molar-refractivity contribution < 1.29 is 14.7 Å². The molecule has 1 fully saturated rings. The number of carboxylic acids is 1. The van der Waals surface area contributed by atoms with Crippen LogP contribution in [0, 0.1) is 0 Å². The third kappa shape index (κ3) is 4.61. The van der Waals surface area contributed by atoms with Gasteiger partial charge in [0.2, 0.25) is 5.91 Å². The second kappa shape index (κ2) is 7.40. The van der Waals surface area contributed by atoms with Gasteiger partial charge < -0.3 is 10.0 Å². The minimum absolute atomic E-state index is 0.0698. The number of nitrogens with zero attached hydrogens (tertiary/aromatic N) is 2. The van der Waals surface area contributed by atoms with Crippen LogP contribution in [-0.2, 0) is 16.0 Å². The summed E-state index contributed by atoms with van der Waals surface area (Å²) in [5.74, 6) is -0.614. The Hall–Kier alpha value is -1.40. The molecule has 2 rings (SSSR count). The van der Waals surface area contributed by atoms with E-state index < -0.39 is 5.97 Å². The largest absolute Gasteiger partial charge is 0.480 e. The molecule has 2 heterocycles. The number of hydrogen-bond acceptors (Lipinski definition) is 4. The van der Waals surface area contributed by atoms with E-state index in [4.69, 9.17) is 5.11 Å². The van der Waals surface area contributed by atoms with Crippen molar-refractivity contribution in [3.63, 3.8) is 0 Å². The maximum atomic E-state index is 12.0. The van der Waals surface area contributed by atoms with E-state index in [2.05, 4.69) is 11.4 Å². The maximum absolute atomic E-state index is 12.0. The van der Waals surface area contributed by atoms with Crippen molar-refractivity contribution in [1.29, 1.82) is 0 Å². The highest BCUT2D eigenvalue weighted by atomic mass is 32.1. The van der Waals surface area contributed by atoms with Crippen molar-refractivity contribution in [2.45, 2.75) is 19.3 Å². The summed E-state index contributed by atoms with van der Waals surface area (Å²) in [6.45, 7) is 2.67. The topological polar surface area (TPSA) is 60.9 Å². The number of carbonyl (C=O) groups excluding carboxylic acids is 1. The normalized spacial score (nSPS) is 16.3. The van der Waals surface area contributed by atoms with Crippen molar-refractivity contribution in [2.75, 3.05) is 32.7 Å². The fraction of sp³-hybridized carbons (Fsp3) is 0.571. The average Bonchev–Trinajstić information content (AvgIpc) is 2.92. The summed E-state index contributed by atoms with van der Waals surface area (Å²) in [6, 6.07) is 4.13. The van der Waals surface area contributed by atoms with E-state index in [0.717, 1.165) is 12.8 Å². The predicted molar refractivity (Wildman–Crippen MR) is 77.9 cm³/mol. The molecule has 0 radical (unpaired) electrons. The Bertz CT molecular complexity index is 439. The van der Waals surface area contributed by atoms with Crippen molar-refractivity contribution in [3.05, 3.63) is 22.4 Å². The van der Waals surface area contributed by atoms with Crippen LogP contribution in [0.25, 0.3) is 0 Å². The van der Waals surface area contributed by atoms with Crippen LogP contribution in [-0.4, -0.2) is 59.5 Å². The molecule has 1 aliphatic heterocycles. The summed E-state index contributed by atoms with van der Waals surface area (Å²) in [7, 11) is 0. The summed E-state index contributed by atoms with van der Waals surface area (Å²) in [5, 5.41) is 10.8. The first-order valence-electron chi connectivity index (χ1n) is 6.89. The maximum Gasteiger partial charge on any atom is 0.317 e. The Balaban J connectivity index is 1.65. The number of piperazine rings is 1. The molecule has 1 aliphatic rings. The quantitative estimate of drug-likeness (QED) is 0.859. The van der Waals surface area contributed by atoms with Gasteiger partial charge in [-0.3, -0.25) is 14.5 Å². The number of aryl methyl sites for hydroxylation is 1. The van der Waals surface area contributed by atoms with Gasteiger partial charge in [0, 0.05) is 37.5 Å². The van der Waals surface area contributed by atoms with Gasteiger partial charge in [-0.2, -0.15) is 0 Å². The molecule has 0 aliphatic carbocycles. The lowest BCUT2D eigenvalue weighted by atomic mass is 10.2. The van der Waals surface area contributed by atoms with Crippen molar-refractivity contribution >= 4 is 23.2 Å². The van der Waals surface area contributed by atoms with E-state index in [1.54, 1.807) is 11.3 Å². The zero-order valence-electron chi connectivity index (χ0n) is 11.5. The molecule has 0 unspecified atom stereocenters. The van der Waals surface area contributed by atoms with E-state index in [1.165, 1.54) is 4.88 Å². The summed E-state index contributed by atoms with van der Waals surface area (Å²) in [4.78, 5) is 27.7. The van der Waals surface area contributed by atoms with Gasteiger partial charge >= 0.3 is 5.97 Å². The van der Waals surface area contributed by atoms with Gasteiger partial charge in [0.05, 0.1) is 6.54 Å². The number of hydrogen-bond donors (Lipinski definition) is 1. The molecule has 0 saturated carbocycles. The molecular formula is C14H20N2O3S. The molecule has 110 valence electrons. The Morgan fingerprint density at radius 1 is 1.25 bits per heavy atom. The number of amides is 1. The highest BCUT2D eigenvalue weighted by Crippen LogP contribution is 2.13. The van der Waals surface area contributed by atoms with Gasteiger partial charge in [-0.25, -0.2) is 0 Å². The van der Waals surface area contributed by atoms with Crippen LogP contribution in [0.4, 0.5) is 0 Å². The molecule has 5 nitrogen and oxygen atoms in total.